The molecule has 0 unspecified atom stereocenters. The quantitative estimate of drug-likeness (QED) is 0.896. The number of aryl methyl sites for hydroxylation is 2. The van der Waals surface area contributed by atoms with E-state index in [4.69, 9.17) is 0 Å². The average molecular weight is 255 g/mol. The van der Waals surface area contributed by atoms with Crippen LogP contribution in [0.3, 0.4) is 0 Å². The number of nitrogens with one attached hydrogen (secondary N) is 1. The van der Waals surface area contributed by atoms with Gasteiger partial charge >= 0.3 is 0 Å². The van der Waals surface area contributed by atoms with Crippen molar-refractivity contribution < 1.29 is 4.79 Å². The Bertz CT molecular complexity index is 616. The Kier molecular flexibility index (Phi) is 3.07. The average Bonchev–Trinajstić information content (AvgIpc) is 2.85. The van der Waals surface area contributed by atoms with Crippen LogP contribution in [0.25, 0.3) is 0 Å². The monoisotopic (exact) mass is 255 g/mol. The lowest BCUT2D eigenvalue weighted by Gasteiger charge is -2.19. The summed E-state index contributed by atoms with van der Waals surface area (Å²) in [4.78, 5) is 12.2. The molecule has 1 aliphatic rings. The molecule has 1 N–H and O–H groups in total. The van der Waals surface area contributed by atoms with Gasteiger partial charge in [0.15, 0.2) is 0 Å². The van der Waals surface area contributed by atoms with Crippen LogP contribution in [-0.2, 0) is 19.9 Å². The highest BCUT2D eigenvalue weighted by Gasteiger charge is 2.16. The maximum Gasteiger partial charge on any atom is 0.273 e. The van der Waals surface area contributed by atoms with Crippen molar-refractivity contribution in [2.75, 3.05) is 5.32 Å². The van der Waals surface area contributed by atoms with Crippen LogP contribution in [0.2, 0.25) is 0 Å². The van der Waals surface area contributed by atoms with Crippen molar-refractivity contribution in [2.24, 2.45) is 7.05 Å². The number of hydrogen-bond acceptors (Lipinski definition) is 2. The summed E-state index contributed by atoms with van der Waals surface area (Å²) in [7, 11) is 1.77. The summed E-state index contributed by atoms with van der Waals surface area (Å²) in [5, 5.41) is 7.04. The molecule has 0 bridgehead atoms. The van der Waals surface area contributed by atoms with E-state index in [1.807, 2.05) is 12.1 Å². The smallest absolute Gasteiger partial charge is 0.273 e. The first-order valence-corrected chi connectivity index (χ1v) is 6.66. The summed E-state index contributed by atoms with van der Waals surface area (Å²) in [5.74, 6) is -0.0982. The van der Waals surface area contributed by atoms with E-state index in [1.165, 1.54) is 24.0 Å². The van der Waals surface area contributed by atoms with Crippen molar-refractivity contribution in [2.45, 2.75) is 25.7 Å². The molecule has 1 aromatic carbocycles. The summed E-state index contributed by atoms with van der Waals surface area (Å²) in [6.07, 6.45) is 6.25. The highest BCUT2D eigenvalue weighted by atomic mass is 16.2. The fourth-order valence-electron chi connectivity index (χ4n) is 2.68. The number of amides is 1. The van der Waals surface area contributed by atoms with Crippen LogP contribution >= 0.6 is 0 Å². The minimum Gasteiger partial charge on any atom is -0.320 e. The van der Waals surface area contributed by atoms with E-state index in [2.05, 4.69) is 16.5 Å². The number of rotatable bonds is 2. The number of hydrogen-bond donors (Lipinski definition) is 1. The first-order valence-electron chi connectivity index (χ1n) is 6.66. The van der Waals surface area contributed by atoms with Crippen molar-refractivity contribution in [1.82, 2.24) is 9.78 Å². The standard InChI is InChI=1S/C15H17N3O/c1-18-14(9-10-16-18)15(19)17-13-8-4-6-11-5-2-3-7-12(11)13/h4,6,8-10H,2-3,5,7H2,1H3,(H,17,19). The molecule has 0 aliphatic heterocycles. The van der Waals surface area contributed by atoms with E-state index in [9.17, 15) is 4.79 Å². The van der Waals surface area contributed by atoms with E-state index in [-0.39, 0.29) is 5.91 Å². The Morgan fingerprint density at radius 1 is 1.26 bits per heavy atom. The highest BCUT2D eigenvalue weighted by molar-refractivity contribution is 6.03. The van der Waals surface area contributed by atoms with Crippen LogP contribution in [0, 0.1) is 0 Å². The molecule has 0 saturated heterocycles. The first kappa shape index (κ1) is 12.0. The maximum absolute atomic E-state index is 12.2. The van der Waals surface area contributed by atoms with Crippen molar-refractivity contribution in [3.63, 3.8) is 0 Å². The van der Waals surface area contributed by atoms with Gasteiger partial charge in [-0.15, -0.1) is 0 Å². The molecule has 0 spiro atoms. The van der Waals surface area contributed by atoms with E-state index in [0.29, 0.717) is 5.69 Å². The predicted octanol–water partition coefficient (Wildman–Crippen LogP) is 2.55. The Balaban J connectivity index is 1.88. The highest BCUT2D eigenvalue weighted by Crippen LogP contribution is 2.28. The van der Waals surface area contributed by atoms with Crippen LogP contribution in [0.4, 0.5) is 5.69 Å². The van der Waals surface area contributed by atoms with Crippen LogP contribution in [0.15, 0.2) is 30.5 Å². The molecule has 0 radical (unpaired) electrons. The number of aromatic nitrogens is 2. The Hall–Kier alpha value is -2.10. The fourth-order valence-corrected chi connectivity index (χ4v) is 2.68. The van der Waals surface area contributed by atoms with Gasteiger partial charge < -0.3 is 5.32 Å². The summed E-state index contributed by atoms with van der Waals surface area (Å²) >= 11 is 0. The van der Waals surface area contributed by atoms with E-state index >= 15 is 0 Å². The van der Waals surface area contributed by atoms with Crippen LogP contribution < -0.4 is 5.32 Å². The molecule has 1 aliphatic carbocycles. The zero-order chi connectivity index (χ0) is 13.2. The van der Waals surface area contributed by atoms with Gasteiger partial charge in [0.05, 0.1) is 0 Å². The third-order valence-corrected chi connectivity index (χ3v) is 3.70. The molecular formula is C15H17N3O. The van der Waals surface area contributed by atoms with Gasteiger partial charge in [0.1, 0.15) is 5.69 Å². The molecular weight excluding hydrogens is 238 g/mol. The first-order chi connectivity index (χ1) is 9.25. The third kappa shape index (κ3) is 2.26. The van der Waals surface area contributed by atoms with Gasteiger partial charge in [-0.2, -0.15) is 5.10 Å². The SMILES string of the molecule is Cn1nccc1C(=O)Nc1cccc2c1CCCC2. The second-order valence-corrected chi connectivity index (χ2v) is 4.94. The van der Waals surface area contributed by atoms with E-state index in [0.717, 1.165) is 18.5 Å². The second kappa shape index (κ2) is 4.88. The number of carbonyl (C=O) groups excluding carboxylic acids is 1. The Morgan fingerprint density at radius 2 is 2.11 bits per heavy atom. The van der Waals surface area contributed by atoms with Crippen molar-refractivity contribution in [1.29, 1.82) is 0 Å². The molecule has 1 aromatic heterocycles. The minimum absolute atomic E-state index is 0.0982. The zero-order valence-corrected chi connectivity index (χ0v) is 11.0. The fraction of sp³-hybridized carbons (Fsp3) is 0.333. The number of carbonyl (C=O) groups is 1. The largest absolute Gasteiger partial charge is 0.320 e. The van der Waals surface area contributed by atoms with Crippen molar-refractivity contribution in [3.05, 3.63) is 47.3 Å². The van der Waals surface area contributed by atoms with Gasteiger partial charge in [-0.3, -0.25) is 9.48 Å². The lowest BCUT2D eigenvalue weighted by Crippen LogP contribution is -2.18. The zero-order valence-electron chi connectivity index (χ0n) is 11.0. The summed E-state index contributed by atoms with van der Waals surface area (Å²) in [5.41, 5.74) is 4.19. The van der Waals surface area contributed by atoms with Crippen LogP contribution in [0.5, 0.6) is 0 Å². The lowest BCUT2D eigenvalue weighted by atomic mass is 9.90. The third-order valence-electron chi connectivity index (χ3n) is 3.70. The molecule has 19 heavy (non-hydrogen) atoms. The number of benzene rings is 1. The van der Waals surface area contributed by atoms with Crippen molar-refractivity contribution >= 4 is 11.6 Å². The van der Waals surface area contributed by atoms with Gasteiger partial charge in [-0.1, -0.05) is 12.1 Å². The molecule has 2 aromatic rings. The normalized spacial score (nSPS) is 13.9. The summed E-state index contributed by atoms with van der Waals surface area (Å²) in [6, 6.07) is 7.89. The maximum atomic E-state index is 12.2. The molecule has 4 heteroatoms. The Labute approximate surface area is 112 Å². The van der Waals surface area contributed by atoms with Crippen molar-refractivity contribution in [3.8, 4) is 0 Å². The molecule has 1 amide bonds. The number of fused-ring (bicyclic) bond motifs is 1. The number of anilines is 1. The van der Waals surface area contributed by atoms with Gasteiger partial charge in [0.25, 0.3) is 5.91 Å². The molecule has 4 nitrogen and oxygen atoms in total. The van der Waals surface area contributed by atoms with Gasteiger partial charge in [0, 0.05) is 18.9 Å². The van der Waals surface area contributed by atoms with Crippen LogP contribution in [-0.4, -0.2) is 15.7 Å². The molecule has 0 fully saturated rings. The molecule has 98 valence electrons. The molecule has 0 atom stereocenters. The van der Waals surface area contributed by atoms with Gasteiger partial charge in [-0.05, 0) is 48.9 Å². The lowest BCUT2D eigenvalue weighted by molar-refractivity contribution is 0.101. The van der Waals surface area contributed by atoms with Gasteiger partial charge in [0.2, 0.25) is 0 Å². The Morgan fingerprint density at radius 3 is 2.89 bits per heavy atom. The predicted molar refractivity (Wildman–Crippen MR) is 74.2 cm³/mol. The second-order valence-electron chi connectivity index (χ2n) is 4.94. The molecule has 0 saturated carbocycles. The van der Waals surface area contributed by atoms with Crippen LogP contribution in [0.1, 0.15) is 34.5 Å². The molecule has 1 heterocycles. The number of nitrogens with zero attached hydrogens (tertiary/aromatic N) is 2. The topological polar surface area (TPSA) is 46.9 Å². The molecule has 3 rings (SSSR count). The summed E-state index contributed by atoms with van der Waals surface area (Å²) < 4.78 is 1.59. The summed E-state index contributed by atoms with van der Waals surface area (Å²) in [6.45, 7) is 0. The van der Waals surface area contributed by atoms with E-state index in [1.54, 1.807) is 24.0 Å². The van der Waals surface area contributed by atoms with E-state index < -0.39 is 0 Å². The van der Waals surface area contributed by atoms with Gasteiger partial charge in [-0.25, -0.2) is 0 Å². The minimum atomic E-state index is -0.0982.